The average molecular weight is 362 g/mol. The van der Waals surface area contributed by atoms with Crippen molar-refractivity contribution in [2.45, 2.75) is 0 Å². The summed E-state index contributed by atoms with van der Waals surface area (Å²) >= 11 is 0. The summed E-state index contributed by atoms with van der Waals surface area (Å²) in [7, 11) is 0. The van der Waals surface area contributed by atoms with Gasteiger partial charge in [-0.25, -0.2) is 4.79 Å². The van der Waals surface area contributed by atoms with Crippen molar-refractivity contribution in [2.75, 3.05) is 18.1 Å². The molecule has 3 aromatic carbocycles. The SMILES string of the molecule is Nc1ccc(OCC(=O)c2ccc(C(=O)Oc3ccc(N)cc3)cc2)cc1. The molecule has 0 unspecified atom stereocenters. The standard InChI is InChI=1S/C21H18N2O4/c22-16-5-9-18(10-6-16)26-13-20(24)14-1-3-15(4-2-14)21(25)27-19-11-7-17(23)8-12-19/h1-12H,13,22-23H2. The molecule has 3 rings (SSSR count). The van der Waals surface area contributed by atoms with E-state index in [1.54, 1.807) is 60.7 Å². The van der Waals surface area contributed by atoms with Gasteiger partial charge in [0.1, 0.15) is 11.5 Å². The minimum Gasteiger partial charge on any atom is -0.485 e. The lowest BCUT2D eigenvalue weighted by Gasteiger charge is -2.07. The van der Waals surface area contributed by atoms with Crippen LogP contribution in [0.2, 0.25) is 0 Å². The van der Waals surface area contributed by atoms with E-state index in [9.17, 15) is 9.59 Å². The van der Waals surface area contributed by atoms with Crippen LogP contribution in [0.3, 0.4) is 0 Å². The Balaban J connectivity index is 1.58. The highest BCUT2D eigenvalue weighted by molar-refractivity contribution is 5.98. The predicted octanol–water partition coefficient (Wildman–Crippen LogP) is 3.33. The van der Waals surface area contributed by atoms with Gasteiger partial charge >= 0.3 is 5.97 Å². The highest BCUT2D eigenvalue weighted by Gasteiger charge is 2.11. The molecule has 0 saturated carbocycles. The Bertz CT molecular complexity index is 933. The van der Waals surface area contributed by atoms with Gasteiger partial charge in [-0.2, -0.15) is 0 Å². The third kappa shape index (κ3) is 4.85. The number of carbonyl (C=O) groups is 2. The van der Waals surface area contributed by atoms with Crippen molar-refractivity contribution < 1.29 is 19.1 Å². The maximum atomic E-state index is 12.2. The first-order valence-electron chi connectivity index (χ1n) is 8.20. The molecule has 6 nitrogen and oxygen atoms in total. The number of anilines is 2. The van der Waals surface area contributed by atoms with Crippen LogP contribution in [-0.4, -0.2) is 18.4 Å². The molecule has 0 spiro atoms. The van der Waals surface area contributed by atoms with E-state index < -0.39 is 5.97 Å². The smallest absolute Gasteiger partial charge is 0.343 e. The molecule has 0 aromatic heterocycles. The molecule has 3 aromatic rings. The molecule has 0 heterocycles. The van der Waals surface area contributed by atoms with Crippen LogP contribution >= 0.6 is 0 Å². The van der Waals surface area contributed by atoms with Gasteiger partial charge < -0.3 is 20.9 Å². The van der Waals surface area contributed by atoms with E-state index in [0.29, 0.717) is 34.0 Å². The largest absolute Gasteiger partial charge is 0.485 e. The van der Waals surface area contributed by atoms with Crippen LogP contribution in [0.25, 0.3) is 0 Å². The molecular formula is C21H18N2O4. The zero-order valence-electron chi connectivity index (χ0n) is 14.4. The highest BCUT2D eigenvalue weighted by Crippen LogP contribution is 2.16. The lowest BCUT2D eigenvalue weighted by atomic mass is 10.1. The molecule has 0 fully saturated rings. The van der Waals surface area contributed by atoms with Crippen LogP contribution in [0.1, 0.15) is 20.7 Å². The van der Waals surface area contributed by atoms with Gasteiger partial charge in [0.2, 0.25) is 0 Å². The number of hydrogen-bond acceptors (Lipinski definition) is 6. The Kier molecular flexibility index (Phi) is 5.37. The molecule has 0 radical (unpaired) electrons. The van der Waals surface area contributed by atoms with Crippen LogP contribution in [0.4, 0.5) is 11.4 Å². The molecule has 0 aliphatic carbocycles. The van der Waals surface area contributed by atoms with Gasteiger partial charge in [-0.05, 0) is 60.7 Å². The fourth-order valence-electron chi connectivity index (χ4n) is 2.29. The lowest BCUT2D eigenvalue weighted by molar-refractivity contribution is 0.0734. The Hall–Kier alpha value is -3.80. The van der Waals surface area contributed by atoms with Crippen LogP contribution < -0.4 is 20.9 Å². The molecule has 27 heavy (non-hydrogen) atoms. The Morgan fingerprint density at radius 1 is 0.667 bits per heavy atom. The van der Waals surface area contributed by atoms with Gasteiger partial charge in [0.05, 0.1) is 5.56 Å². The minimum absolute atomic E-state index is 0.112. The second-order valence-corrected chi connectivity index (χ2v) is 5.82. The molecule has 0 amide bonds. The number of nitrogens with two attached hydrogens (primary N) is 2. The summed E-state index contributed by atoms with van der Waals surface area (Å²) in [5, 5.41) is 0. The Labute approximate surface area is 156 Å². The van der Waals surface area contributed by atoms with Crippen LogP contribution in [0.5, 0.6) is 11.5 Å². The summed E-state index contributed by atoms with van der Waals surface area (Å²) in [6.45, 7) is -0.112. The molecular weight excluding hydrogens is 344 g/mol. The second-order valence-electron chi connectivity index (χ2n) is 5.82. The summed E-state index contributed by atoms with van der Waals surface area (Å²) in [6.07, 6.45) is 0. The molecule has 4 N–H and O–H groups in total. The summed E-state index contributed by atoms with van der Waals surface area (Å²) in [5.74, 6) is 0.231. The van der Waals surface area contributed by atoms with Gasteiger partial charge in [0.25, 0.3) is 0 Å². The average Bonchev–Trinajstić information content (AvgIpc) is 2.69. The molecule has 0 bridgehead atoms. The maximum Gasteiger partial charge on any atom is 0.343 e. The number of Topliss-reactive ketones (excluding diaryl/α,β-unsaturated/α-hetero) is 1. The molecule has 0 saturated heterocycles. The monoisotopic (exact) mass is 362 g/mol. The number of ketones is 1. The number of esters is 1. The van der Waals surface area contributed by atoms with Crippen LogP contribution in [-0.2, 0) is 0 Å². The lowest BCUT2D eigenvalue weighted by Crippen LogP contribution is -2.13. The molecule has 136 valence electrons. The molecule has 0 aliphatic heterocycles. The Morgan fingerprint density at radius 2 is 1.15 bits per heavy atom. The van der Waals surface area contributed by atoms with E-state index >= 15 is 0 Å². The number of benzene rings is 3. The van der Waals surface area contributed by atoms with E-state index in [1.807, 2.05) is 0 Å². The zero-order chi connectivity index (χ0) is 19.2. The third-order valence-corrected chi connectivity index (χ3v) is 3.78. The maximum absolute atomic E-state index is 12.2. The highest BCUT2D eigenvalue weighted by atomic mass is 16.5. The van der Waals surface area contributed by atoms with Crippen LogP contribution in [0.15, 0.2) is 72.8 Å². The van der Waals surface area contributed by atoms with Crippen molar-refractivity contribution in [3.05, 3.63) is 83.9 Å². The predicted molar refractivity (Wildman–Crippen MR) is 103 cm³/mol. The summed E-state index contributed by atoms with van der Waals surface area (Å²) < 4.78 is 10.7. The summed E-state index contributed by atoms with van der Waals surface area (Å²) in [5.41, 5.74) is 13.2. The van der Waals surface area contributed by atoms with Gasteiger partial charge in [0.15, 0.2) is 12.4 Å². The van der Waals surface area contributed by atoms with Crippen molar-refractivity contribution in [3.8, 4) is 11.5 Å². The van der Waals surface area contributed by atoms with E-state index in [1.165, 1.54) is 12.1 Å². The third-order valence-electron chi connectivity index (χ3n) is 3.78. The zero-order valence-corrected chi connectivity index (χ0v) is 14.4. The van der Waals surface area contributed by atoms with Gasteiger partial charge in [-0.15, -0.1) is 0 Å². The number of ether oxygens (including phenoxy) is 2. The molecule has 0 atom stereocenters. The fraction of sp³-hybridized carbons (Fsp3) is 0.0476. The van der Waals surface area contributed by atoms with Crippen molar-refractivity contribution >= 4 is 23.1 Å². The second kappa shape index (κ2) is 8.05. The fourth-order valence-corrected chi connectivity index (χ4v) is 2.29. The first kappa shape index (κ1) is 18.0. The summed E-state index contributed by atoms with van der Waals surface area (Å²) in [4.78, 5) is 24.4. The van der Waals surface area contributed by atoms with E-state index in [4.69, 9.17) is 20.9 Å². The first-order valence-corrected chi connectivity index (χ1v) is 8.20. The number of nitrogen functional groups attached to an aromatic ring is 2. The van der Waals surface area contributed by atoms with Gasteiger partial charge in [-0.1, -0.05) is 12.1 Å². The number of rotatable bonds is 6. The van der Waals surface area contributed by atoms with E-state index in [0.717, 1.165) is 0 Å². The normalized spacial score (nSPS) is 10.2. The molecule has 0 aliphatic rings. The van der Waals surface area contributed by atoms with E-state index in [-0.39, 0.29) is 12.4 Å². The van der Waals surface area contributed by atoms with Crippen molar-refractivity contribution in [2.24, 2.45) is 0 Å². The van der Waals surface area contributed by atoms with Gasteiger partial charge in [0, 0.05) is 16.9 Å². The van der Waals surface area contributed by atoms with Crippen molar-refractivity contribution in [1.82, 2.24) is 0 Å². The summed E-state index contributed by atoms with van der Waals surface area (Å²) in [6, 6.07) is 19.5. The van der Waals surface area contributed by atoms with Gasteiger partial charge in [-0.3, -0.25) is 4.79 Å². The molecule has 6 heteroatoms. The number of carbonyl (C=O) groups excluding carboxylic acids is 2. The van der Waals surface area contributed by atoms with Crippen LogP contribution in [0, 0.1) is 0 Å². The quantitative estimate of drug-likeness (QED) is 0.302. The van der Waals surface area contributed by atoms with Crippen molar-refractivity contribution in [1.29, 1.82) is 0 Å². The van der Waals surface area contributed by atoms with Crippen molar-refractivity contribution in [3.63, 3.8) is 0 Å². The number of hydrogen-bond donors (Lipinski definition) is 2. The Morgan fingerprint density at radius 3 is 1.70 bits per heavy atom. The first-order chi connectivity index (χ1) is 13.0. The topological polar surface area (TPSA) is 105 Å². The minimum atomic E-state index is -0.517. The van der Waals surface area contributed by atoms with E-state index in [2.05, 4.69) is 0 Å².